The SMILES string of the molecule is O=C(c1cncc2nccn12)N1CCC(F)(F)C(Oc2ccc3ccccc3n2)C1. The van der Waals surface area contributed by atoms with E-state index in [2.05, 4.69) is 15.0 Å². The van der Waals surface area contributed by atoms with Crippen molar-refractivity contribution in [3.63, 3.8) is 0 Å². The number of halogens is 2. The second-order valence-electron chi connectivity index (χ2n) is 7.16. The van der Waals surface area contributed by atoms with Gasteiger partial charge in [0, 0.05) is 36.8 Å². The molecule has 1 atom stereocenters. The van der Waals surface area contributed by atoms with Gasteiger partial charge in [-0.25, -0.2) is 18.7 Å². The van der Waals surface area contributed by atoms with Gasteiger partial charge in [-0.1, -0.05) is 18.2 Å². The molecule has 0 spiro atoms. The van der Waals surface area contributed by atoms with Crippen LogP contribution in [0.15, 0.2) is 61.2 Å². The van der Waals surface area contributed by atoms with Gasteiger partial charge in [0.25, 0.3) is 11.8 Å². The molecule has 30 heavy (non-hydrogen) atoms. The van der Waals surface area contributed by atoms with Gasteiger partial charge in [0.05, 0.1) is 24.5 Å². The van der Waals surface area contributed by atoms with Gasteiger partial charge in [-0.15, -0.1) is 0 Å². The second kappa shape index (κ2) is 7.01. The number of likely N-dealkylation sites (tertiary alicyclic amines) is 1. The normalized spacial score (nSPS) is 18.6. The lowest BCUT2D eigenvalue weighted by molar-refractivity contribution is -0.131. The lowest BCUT2D eigenvalue weighted by Crippen LogP contribution is -2.55. The Bertz CT molecular complexity index is 1240. The number of rotatable bonds is 3. The molecule has 1 amide bonds. The number of hydrogen-bond acceptors (Lipinski definition) is 5. The number of carbonyl (C=O) groups excluding carboxylic acids is 1. The van der Waals surface area contributed by atoms with Crippen LogP contribution in [0.4, 0.5) is 8.78 Å². The van der Waals surface area contributed by atoms with Crippen molar-refractivity contribution in [1.82, 2.24) is 24.3 Å². The van der Waals surface area contributed by atoms with E-state index in [1.54, 1.807) is 35.0 Å². The van der Waals surface area contributed by atoms with Crippen LogP contribution in [-0.2, 0) is 0 Å². The third-order valence-corrected chi connectivity index (χ3v) is 5.23. The highest BCUT2D eigenvalue weighted by Gasteiger charge is 2.47. The number of imidazole rings is 1. The number of fused-ring (bicyclic) bond motifs is 2. The lowest BCUT2D eigenvalue weighted by atomic mass is 10.0. The van der Waals surface area contributed by atoms with E-state index in [1.165, 1.54) is 17.3 Å². The Kier molecular flexibility index (Phi) is 4.30. The van der Waals surface area contributed by atoms with Crippen molar-refractivity contribution in [2.75, 3.05) is 13.1 Å². The summed E-state index contributed by atoms with van der Waals surface area (Å²) >= 11 is 0. The Labute approximate surface area is 169 Å². The van der Waals surface area contributed by atoms with Gasteiger partial charge in [-0.2, -0.15) is 0 Å². The zero-order valence-corrected chi connectivity index (χ0v) is 15.8. The van der Waals surface area contributed by atoms with Crippen LogP contribution >= 0.6 is 0 Å². The number of piperidine rings is 1. The molecule has 4 heterocycles. The number of carbonyl (C=O) groups is 1. The van der Waals surface area contributed by atoms with Crippen LogP contribution in [0.2, 0.25) is 0 Å². The highest BCUT2D eigenvalue weighted by atomic mass is 19.3. The standard InChI is InChI=1S/C21H17F2N5O2/c22-21(23)7-9-27(20(29)16-11-24-12-18-25-8-10-28(16)18)13-17(21)30-19-6-5-14-3-1-2-4-15(14)26-19/h1-6,8,10-12,17H,7,9,13H2. The first-order valence-corrected chi connectivity index (χ1v) is 9.48. The molecule has 0 N–H and O–H groups in total. The summed E-state index contributed by atoms with van der Waals surface area (Å²) in [5.41, 5.74) is 1.43. The van der Waals surface area contributed by atoms with Gasteiger partial charge in [-0.3, -0.25) is 14.2 Å². The van der Waals surface area contributed by atoms with Crippen LogP contribution in [-0.4, -0.2) is 55.3 Å². The summed E-state index contributed by atoms with van der Waals surface area (Å²) in [6.07, 6.45) is 4.12. The third kappa shape index (κ3) is 3.22. The summed E-state index contributed by atoms with van der Waals surface area (Å²) in [6.45, 7) is -0.340. The molecule has 1 fully saturated rings. The van der Waals surface area contributed by atoms with Crippen LogP contribution in [0.5, 0.6) is 5.88 Å². The van der Waals surface area contributed by atoms with Crippen LogP contribution in [0.3, 0.4) is 0 Å². The number of hydrogen-bond donors (Lipinski definition) is 0. The number of para-hydroxylation sites is 1. The van der Waals surface area contributed by atoms with Crippen molar-refractivity contribution in [1.29, 1.82) is 0 Å². The molecule has 9 heteroatoms. The molecule has 0 aliphatic carbocycles. The number of nitrogens with zero attached hydrogens (tertiary/aromatic N) is 5. The van der Waals surface area contributed by atoms with Crippen LogP contribution in [0.1, 0.15) is 16.9 Å². The largest absolute Gasteiger partial charge is 0.466 e. The first kappa shape index (κ1) is 18.4. The number of aromatic nitrogens is 4. The van der Waals surface area contributed by atoms with Crippen molar-refractivity contribution in [3.05, 3.63) is 66.9 Å². The highest BCUT2D eigenvalue weighted by molar-refractivity contribution is 5.93. The molecule has 1 saturated heterocycles. The van der Waals surface area contributed by atoms with Crippen LogP contribution < -0.4 is 4.74 Å². The van der Waals surface area contributed by atoms with E-state index < -0.39 is 24.4 Å². The fourth-order valence-electron chi connectivity index (χ4n) is 3.61. The quantitative estimate of drug-likeness (QED) is 0.520. The molecule has 0 radical (unpaired) electrons. The maximum absolute atomic E-state index is 14.6. The van der Waals surface area contributed by atoms with Gasteiger partial charge in [0.15, 0.2) is 11.8 Å². The molecular weight excluding hydrogens is 392 g/mol. The minimum absolute atomic E-state index is 0.0814. The van der Waals surface area contributed by atoms with Crippen LogP contribution in [0.25, 0.3) is 16.6 Å². The molecule has 152 valence electrons. The minimum Gasteiger partial charge on any atom is -0.466 e. The van der Waals surface area contributed by atoms with Gasteiger partial charge in [0.2, 0.25) is 5.88 Å². The number of benzene rings is 1. The van der Waals surface area contributed by atoms with E-state index in [-0.39, 0.29) is 24.7 Å². The first-order chi connectivity index (χ1) is 14.5. The molecule has 1 unspecified atom stereocenters. The molecular formula is C21H17F2N5O2. The summed E-state index contributed by atoms with van der Waals surface area (Å²) < 4.78 is 36.3. The van der Waals surface area contributed by atoms with E-state index in [9.17, 15) is 13.6 Å². The molecule has 1 aliphatic rings. The zero-order valence-electron chi connectivity index (χ0n) is 15.8. The van der Waals surface area contributed by atoms with Gasteiger partial charge in [0.1, 0.15) is 5.69 Å². The maximum atomic E-state index is 14.6. The predicted molar refractivity (Wildman–Crippen MR) is 105 cm³/mol. The van der Waals surface area contributed by atoms with Crippen LogP contribution in [0, 0.1) is 0 Å². The fourth-order valence-corrected chi connectivity index (χ4v) is 3.61. The summed E-state index contributed by atoms with van der Waals surface area (Å²) in [7, 11) is 0. The van der Waals surface area contributed by atoms with E-state index in [0.29, 0.717) is 11.2 Å². The van der Waals surface area contributed by atoms with E-state index >= 15 is 0 Å². The average molecular weight is 409 g/mol. The zero-order chi connectivity index (χ0) is 20.7. The van der Waals surface area contributed by atoms with Crippen molar-refractivity contribution in [2.24, 2.45) is 0 Å². The van der Waals surface area contributed by atoms with E-state index in [1.807, 2.05) is 18.2 Å². The Morgan fingerprint density at radius 1 is 1.17 bits per heavy atom. The number of alkyl halides is 2. The Hall–Kier alpha value is -3.62. The third-order valence-electron chi connectivity index (χ3n) is 5.23. The van der Waals surface area contributed by atoms with Crippen molar-refractivity contribution in [2.45, 2.75) is 18.4 Å². The first-order valence-electron chi connectivity index (χ1n) is 9.48. The molecule has 3 aromatic heterocycles. The van der Waals surface area contributed by atoms with Crippen molar-refractivity contribution >= 4 is 22.5 Å². The van der Waals surface area contributed by atoms with Crippen molar-refractivity contribution in [3.8, 4) is 5.88 Å². The van der Waals surface area contributed by atoms with Gasteiger partial charge in [-0.05, 0) is 12.1 Å². The molecule has 5 rings (SSSR count). The predicted octanol–water partition coefficient (Wildman–Crippen LogP) is 3.21. The minimum atomic E-state index is -3.08. The average Bonchev–Trinajstić information content (AvgIpc) is 3.23. The molecule has 0 saturated carbocycles. The Balaban J connectivity index is 1.40. The second-order valence-corrected chi connectivity index (χ2v) is 7.16. The summed E-state index contributed by atoms with van der Waals surface area (Å²) in [5, 5.41) is 0.887. The smallest absolute Gasteiger partial charge is 0.287 e. The van der Waals surface area contributed by atoms with E-state index in [0.717, 1.165) is 5.39 Å². The van der Waals surface area contributed by atoms with Crippen molar-refractivity contribution < 1.29 is 18.3 Å². The molecule has 4 aromatic rings. The molecule has 1 aromatic carbocycles. The summed E-state index contributed by atoms with van der Waals surface area (Å²) in [6, 6.07) is 10.7. The highest BCUT2D eigenvalue weighted by Crippen LogP contribution is 2.32. The number of amides is 1. The number of pyridine rings is 1. The maximum Gasteiger partial charge on any atom is 0.287 e. The fraction of sp³-hybridized carbons (Fsp3) is 0.238. The van der Waals surface area contributed by atoms with Gasteiger partial charge < -0.3 is 9.64 Å². The molecule has 0 bridgehead atoms. The Morgan fingerprint density at radius 3 is 2.93 bits per heavy atom. The number of ether oxygens (including phenoxy) is 1. The van der Waals surface area contributed by atoms with E-state index in [4.69, 9.17) is 4.74 Å². The molecule has 7 nitrogen and oxygen atoms in total. The monoisotopic (exact) mass is 409 g/mol. The summed E-state index contributed by atoms with van der Waals surface area (Å²) in [4.78, 5) is 26.8. The topological polar surface area (TPSA) is 72.6 Å². The van der Waals surface area contributed by atoms with Gasteiger partial charge >= 0.3 is 0 Å². The Morgan fingerprint density at radius 2 is 2.03 bits per heavy atom. The lowest BCUT2D eigenvalue weighted by Gasteiger charge is -2.37. The molecule has 1 aliphatic heterocycles. The summed E-state index contributed by atoms with van der Waals surface area (Å²) in [5.74, 6) is -3.38.